The Labute approximate surface area is 224 Å². The number of Topliss-reactive ketones (excluding diaryl/α,β-unsaturated/α-hetero) is 1. The molecule has 6 rings (SSSR count). The molecule has 9 nitrogen and oxygen atoms in total. The fraction of sp³-hybridized carbons (Fsp3) is 0.464. The summed E-state index contributed by atoms with van der Waals surface area (Å²) < 4.78 is 7.42. The van der Waals surface area contributed by atoms with Gasteiger partial charge in [0.25, 0.3) is 5.91 Å². The number of carbonyl (C=O) groups is 3. The quantitative estimate of drug-likeness (QED) is 0.384. The lowest BCUT2D eigenvalue weighted by atomic mass is 9.79. The van der Waals surface area contributed by atoms with Gasteiger partial charge in [0.1, 0.15) is 11.9 Å². The van der Waals surface area contributed by atoms with Crippen molar-refractivity contribution in [3.05, 3.63) is 41.9 Å². The lowest BCUT2D eigenvalue weighted by Crippen LogP contribution is -2.54. The number of carbonyl (C=O) groups excluding carboxylic acids is 3. The molecule has 198 valence electrons. The predicted molar refractivity (Wildman–Crippen MR) is 143 cm³/mol. The number of hydrogen-bond donors (Lipinski definition) is 2. The number of amides is 2. The molecule has 2 saturated carbocycles. The second kappa shape index (κ2) is 10.4. The molecule has 3 atom stereocenters. The van der Waals surface area contributed by atoms with E-state index in [0.717, 1.165) is 48.0 Å². The molecule has 3 aliphatic rings. The molecule has 3 N–H and O–H groups in total. The summed E-state index contributed by atoms with van der Waals surface area (Å²) in [5.41, 5.74) is 8.08. The van der Waals surface area contributed by atoms with E-state index in [4.69, 9.17) is 15.5 Å². The third-order valence-electron chi connectivity index (χ3n) is 7.85. The van der Waals surface area contributed by atoms with Gasteiger partial charge in [-0.1, -0.05) is 25.3 Å². The standard InChI is InChI=1S/C28H31N5O4S/c29-27(35)23-13-18(15-33(23)22(12-16-4-3-5-16)25(34)28(36)31-17-7-8-17)37-24-14-21(19-6-1-2-10-30-19)32-20-9-11-38-26(20)24/h1-2,6,9-11,14,16-18,22-23H,3-5,7-8,12-13,15H2,(H2,29,35)(H,31,36)/t18?,22-,23?/m0/s1. The molecule has 1 aliphatic heterocycles. The summed E-state index contributed by atoms with van der Waals surface area (Å²) >= 11 is 1.53. The van der Waals surface area contributed by atoms with Crippen LogP contribution in [-0.2, 0) is 14.4 Å². The normalized spacial score (nSPS) is 22.6. The number of nitrogens with two attached hydrogens (primary N) is 1. The Bertz CT molecular complexity index is 1350. The minimum absolute atomic E-state index is 0.0885. The first-order chi connectivity index (χ1) is 18.5. The van der Waals surface area contributed by atoms with E-state index in [-0.39, 0.29) is 12.1 Å². The van der Waals surface area contributed by atoms with Crippen molar-refractivity contribution in [1.82, 2.24) is 20.2 Å². The fourth-order valence-corrected chi connectivity index (χ4v) is 6.23. The van der Waals surface area contributed by atoms with Crippen molar-refractivity contribution in [3.8, 4) is 17.1 Å². The number of ketones is 1. The van der Waals surface area contributed by atoms with Crippen LogP contribution in [0.2, 0.25) is 0 Å². The minimum Gasteiger partial charge on any atom is -0.487 e. The first kappa shape index (κ1) is 24.9. The summed E-state index contributed by atoms with van der Waals surface area (Å²) in [5.74, 6) is -0.501. The van der Waals surface area contributed by atoms with Crippen molar-refractivity contribution in [2.24, 2.45) is 11.7 Å². The first-order valence-electron chi connectivity index (χ1n) is 13.3. The SMILES string of the molecule is NC(=O)C1CC(Oc2cc(-c3ccccn3)nc3ccsc23)CN1[C@@H](CC1CCC1)C(=O)C(=O)NC1CC1. The average molecular weight is 534 g/mol. The topological polar surface area (TPSA) is 128 Å². The first-order valence-corrected chi connectivity index (χ1v) is 14.2. The van der Waals surface area contributed by atoms with Gasteiger partial charge in [0, 0.05) is 31.3 Å². The number of fused-ring (bicyclic) bond motifs is 1. The number of rotatable bonds is 10. The van der Waals surface area contributed by atoms with Crippen LogP contribution in [0.25, 0.3) is 21.6 Å². The molecular formula is C28H31N5O4S. The largest absolute Gasteiger partial charge is 0.487 e. The third kappa shape index (κ3) is 5.15. The lowest BCUT2D eigenvalue weighted by Gasteiger charge is -2.35. The van der Waals surface area contributed by atoms with Gasteiger partial charge in [0.15, 0.2) is 0 Å². The molecule has 0 bridgehead atoms. The minimum atomic E-state index is -0.687. The highest BCUT2D eigenvalue weighted by Gasteiger charge is 2.46. The van der Waals surface area contributed by atoms with Gasteiger partial charge < -0.3 is 15.8 Å². The molecule has 38 heavy (non-hydrogen) atoms. The van der Waals surface area contributed by atoms with Crippen molar-refractivity contribution in [2.45, 2.75) is 69.2 Å². The van der Waals surface area contributed by atoms with Crippen LogP contribution in [0.1, 0.15) is 44.9 Å². The van der Waals surface area contributed by atoms with Crippen molar-refractivity contribution >= 4 is 39.2 Å². The number of nitrogens with zero attached hydrogens (tertiary/aromatic N) is 3. The molecule has 1 saturated heterocycles. The Morgan fingerprint density at radius 1 is 1.16 bits per heavy atom. The molecule has 0 aromatic carbocycles. The number of likely N-dealkylation sites (tertiary alicyclic amines) is 1. The maximum atomic E-state index is 13.4. The van der Waals surface area contributed by atoms with Gasteiger partial charge in [-0.15, -0.1) is 11.3 Å². The second-order valence-corrected chi connectivity index (χ2v) is 11.5. The van der Waals surface area contributed by atoms with Crippen LogP contribution in [0.3, 0.4) is 0 Å². The summed E-state index contributed by atoms with van der Waals surface area (Å²) in [5, 5.41) is 4.79. The Morgan fingerprint density at radius 3 is 2.68 bits per heavy atom. The molecule has 3 aromatic rings. The van der Waals surface area contributed by atoms with Crippen molar-refractivity contribution < 1.29 is 19.1 Å². The smallest absolute Gasteiger partial charge is 0.289 e. The van der Waals surface area contributed by atoms with Gasteiger partial charge in [0.2, 0.25) is 11.7 Å². The molecule has 4 heterocycles. The van der Waals surface area contributed by atoms with Gasteiger partial charge in [0.05, 0.1) is 33.7 Å². The average Bonchev–Trinajstić information content (AvgIpc) is 3.39. The fourth-order valence-electron chi connectivity index (χ4n) is 5.44. The predicted octanol–water partition coefficient (Wildman–Crippen LogP) is 3.07. The number of aromatic nitrogens is 2. The van der Waals surface area contributed by atoms with E-state index in [1.165, 1.54) is 11.3 Å². The molecule has 3 fully saturated rings. The zero-order valence-corrected chi connectivity index (χ0v) is 21.9. The van der Waals surface area contributed by atoms with E-state index in [9.17, 15) is 14.4 Å². The third-order valence-corrected chi connectivity index (χ3v) is 8.77. The molecule has 3 aromatic heterocycles. The van der Waals surface area contributed by atoms with Crippen LogP contribution >= 0.6 is 11.3 Å². The van der Waals surface area contributed by atoms with Crippen LogP contribution in [0, 0.1) is 5.92 Å². The van der Waals surface area contributed by atoms with Gasteiger partial charge in [-0.05, 0) is 48.8 Å². The molecule has 2 amide bonds. The van der Waals surface area contributed by atoms with E-state index in [2.05, 4.69) is 10.3 Å². The van der Waals surface area contributed by atoms with E-state index in [1.807, 2.05) is 40.6 Å². The van der Waals surface area contributed by atoms with E-state index in [0.29, 0.717) is 36.7 Å². The summed E-state index contributed by atoms with van der Waals surface area (Å²) in [4.78, 5) is 49.7. The Balaban J connectivity index is 1.26. The molecular weight excluding hydrogens is 502 g/mol. The number of ether oxygens (including phenoxy) is 1. The number of hydrogen-bond acceptors (Lipinski definition) is 8. The van der Waals surface area contributed by atoms with E-state index < -0.39 is 29.7 Å². The summed E-state index contributed by atoms with van der Waals surface area (Å²) in [6, 6.07) is 8.20. The van der Waals surface area contributed by atoms with Crippen LogP contribution in [0.15, 0.2) is 41.9 Å². The highest BCUT2D eigenvalue weighted by molar-refractivity contribution is 7.17. The van der Waals surface area contributed by atoms with Crippen LogP contribution in [0.4, 0.5) is 0 Å². The maximum absolute atomic E-state index is 13.4. The number of primary amides is 1. The zero-order chi connectivity index (χ0) is 26.2. The Kier molecular flexibility index (Phi) is 6.84. The van der Waals surface area contributed by atoms with Gasteiger partial charge >= 0.3 is 0 Å². The maximum Gasteiger partial charge on any atom is 0.289 e. The number of thiophene rings is 1. The highest BCUT2D eigenvalue weighted by Crippen LogP contribution is 2.37. The summed E-state index contributed by atoms with van der Waals surface area (Å²) in [6.45, 7) is 0.335. The summed E-state index contributed by atoms with van der Waals surface area (Å²) in [7, 11) is 0. The molecule has 10 heteroatoms. The van der Waals surface area contributed by atoms with Crippen molar-refractivity contribution in [3.63, 3.8) is 0 Å². The monoisotopic (exact) mass is 533 g/mol. The zero-order valence-electron chi connectivity index (χ0n) is 21.0. The van der Waals surface area contributed by atoms with E-state index in [1.54, 1.807) is 6.20 Å². The molecule has 2 aliphatic carbocycles. The molecule has 0 spiro atoms. The van der Waals surface area contributed by atoms with Gasteiger partial charge in [-0.25, -0.2) is 4.98 Å². The van der Waals surface area contributed by atoms with Crippen LogP contribution in [0.5, 0.6) is 5.75 Å². The molecule has 0 radical (unpaired) electrons. The molecule has 2 unspecified atom stereocenters. The highest BCUT2D eigenvalue weighted by atomic mass is 32.1. The van der Waals surface area contributed by atoms with Crippen LogP contribution in [-0.4, -0.2) is 63.2 Å². The Morgan fingerprint density at radius 2 is 2.00 bits per heavy atom. The van der Waals surface area contributed by atoms with E-state index >= 15 is 0 Å². The lowest BCUT2D eigenvalue weighted by molar-refractivity contribution is -0.142. The number of nitrogens with one attached hydrogen (secondary N) is 1. The Hall–Kier alpha value is -3.37. The van der Waals surface area contributed by atoms with Crippen LogP contribution < -0.4 is 15.8 Å². The second-order valence-electron chi connectivity index (χ2n) is 10.6. The van der Waals surface area contributed by atoms with Crippen molar-refractivity contribution in [1.29, 1.82) is 0 Å². The van der Waals surface area contributed by atoms with Gasteiger partial charge in [-0.3, -0.25) is 24.3 Å². The number of pyridine rings is 2. The van der Waals surface area contributed by atoms with Crippen molar-refractivity contribution in [2.75, 3.05) is 6.54 Å². The summed E-state index contributed by atoms with van der Waals surface area (Å²) in [6.07, 6.45) is 7.25. The van der Waals surface area contributed by atoms with Gasteiger partial charge in [-0.2, -0.15) is 0 Å².